The third kappa shape index (κ3) is 6.81. The normalized spacial score (nSPS) is 7.69. The number of halogens is 1. The molecular formula is C10H11ClMgO. The first-order chi connectivity index (χ1) is 5.29. The van der Waals surface area contributed by atoms with Crippen LogP contribution in [0.1, 0.15) is 0 Å². The minimum atomic E-state index is 0. The molecule has 1 nitrogen and oxygen atoms in total. The summed E-state index contributed by atoms with van der Waals surface area (Å²) in [7, 11) is 0. The SMILES string of the molecule is C=C([CH2-])COc1ccccc1.[Cl-].[Mg+2]. The summed E-state index contributed by atoms with van der Waals surface area (Å²) in [4.78, 5) is 0. The molecule has 0 spiro atoms. The van der Waals surface area contributed by atoms with Crippen LogP contribution in [-0.4, -0.2) is 29.7 Å². The van der Waals surface area contributed by atoms with Crippen LogP contribution in [0.5, 0.6) is 5.75 Å². The number of ether oxygens (including phenoxy) is 1. The summed E-state index contributed by atoms with van der Waals surface area (Å²) in [6, 6.07) is 9.63. The second-order valence-electron chi connectivity index (χ2n) is 2.35. The molecule has 0 aliphatic heterocycles. The molecule has 0 amide bonds. The maximum absolute atomic E-state index is 5.31. The molecule has 0 aromatic heterocycles. The van der Waals surface area contributed by atoms with Crippen LogP contribution in [0, 0.1) is 6.92 Å². The first-order valence-corrected chi connectivity index (χ1v) is 3.46. The zero-order valence-electron chi connectivity index (χ0n) is 7.50. The molecule has 0 heterocycles. The van der Waals surface area contributed by atoms with Crippen molar-refractivity contribution in [2.75, 3.05) is 6.61 Å². The van der Waals surface area contributed by atoms with Gasteiger partial charge in [-0.3, -0.25) is 0 Å². The number of benzene rings is 1. The number of para-hydroxylation sites is 1. The van der Waals surface area contributed by atoms with Gasteiger partial charge in [-0.05, 0) is 12.1 Å². The molecule has 0 bridgehead atoms. The maximum atomic E-state index is 5.31. The summed E-state index contributed by atoms with van der Waals surface area (Å²) in [5, 5.41) is 0. The summed E-state index contributed by atoms with van der Waals surface area (Å²) in [5.74, 6) is 0.859. The van der Waals surface area contributed by atoms with E-state index in [9.17, 15) is 0 Å². The van der Waals surface area contributed by atoms with Crippen LogP contribution in [0.25, 0.3) is 0 Å². The molecule has 0 radical (unpaired) electrons. The third-order valence-electron chi connectivity index (χ3n) is 1.19. The molecule has 0 saturated heterocycles. The predicted octanol–water partition coefficient (Wildman–Crippen LogP) is -0.921. The van der Waals surface area contributed by atoms with Crippen molar-refractivity contribution in [1.82, 2.24) is 0 Å². The third-order valence-corrected chi connectivity index (χ3v) is 1.19. The van der Waals surface area contributed by atoms with Crippen molar-refractivity contribution in [1.29, 1.82) is 0 Å². The van der Waals surface area contributed by atoms with Gasteiger partial charge in [-0.2, -0.15) is 5.57 Å². The first-order valence-electron chi connectivity index (χ1n) is 3.46. The predicted molar refractivity (Wildman–Crippen MR) is 52.2 cm³/mol. The van der Waals surface area contributed by atoms with Crippen LogP contribution in [0.15, 0.2) is 42.5 Å². The van der Waals surface area contributed by atoms with Crippen LogP contribution < -0.4 is 17.1 Å². The van der Waals surface area contributed by atoms with Crippen molar-refractivity contribution in [2.45, 2.75) is 0 Å². The van der Waals surface area contributed by atoms with Gasteiger partial charge in [-0.25, -0.2) is 13.5 Å². The monoisotopic (exact) mass is 206 g/mol. The average Bonchev–Trinajstić information content (AvgIpc) is 2.03. The van der Waals surface area contributed by atoms with Crippen molar-refractivity contribution in [3.63, 3.8) is 0 Å². The van der Waals surface area contributed by atoms with E-state index in [0.29, 0.717) is 6.61 Å². The second kappa shape index (κ2) is 8.29. The van der Waals surface area contributed by atoms with E-state index in [1.54, 1.807) is 0 Å². The van der Waals surface area contributed by atoms with Crippen molar-refractivity contribution < 1.29 is 17.1 Å². The van der Waals surface area contributed by atoms with Gasteiger partial charge in [0.05, 0.1) is 6.61 Å². The molecule has 1 aromatic carbocycles. The zero-order valence-corrected chi connectivity index (χ0v) is 9.67. The largest absolute Gasteiger partial charge is 2.00 e. The van der Waals surface area contributed by atoms with Crippen LogP contribution in [-0.2, 0) is 0 Å². The summed E-state index contributed by atoms with van der Waals surface area (Å²) >= 11 is 0. The average molecular weight is 207 g/mol. The maximum Gasteiger partial charge on any atom is 2.00 e. The van der Waals surface area contributed by atoms with Crippen LogP contribution >= 0.6 is 0 Å². The Hall–Kier alpha value is -0.314. The molecule has 13 heavy (non-hydrogen) atoms. The van der Waals surface area contributed by atoms with E-state index in [-0.39, 0.29) is 35.5 Å². The van der Waals surface area contributed by atoms with E-state index in [0.717, 1.165) is 11.3 Å². The van der Waals surface area contributed by atoms with E-state index in [1.165, 1.54) is 0 Å². The molecule has 0 aliphatic carbocycles. The van der Waals surface area contributed by atoms with Gasteiger partial charge in [0.2, 0.25) is 0 Å². The van der Waals surface area contributed by atoms with E-state index in [4.69, 9.17) is 4.74 Å². The Balaban J connectivity index is 0. The minimum absolute atomic E-state index is 0. The molecule has 0 atom stereocenters. The Kier molecular flexibility index (Phi) is 9.68. The Labute approximate surface area is 102 Å². The first kappa shape index (κ1) is 15.2. The summed E-state index contributed by atoms with van der Waals surface area (Å²) in [5.41, 5.74) is 0.786. The molecule has 0 saturated carbocycles. The van der Waals surface area contributed by atoms with Crippen molar-refractivity contribution in [3.05, 3.63) is 49.4 Å². The van der Waals surface area contributed by atoms with Gasteiger partial charge in [0.1, 0.15) is 5.75 Å². The second-order valence-corrected chi connectivity index (χ2v) is 2.35. The quantitative estimate of drug-likeness (QED) is 0.460. The molecule has 0 unspecified atom stereocenters. The number of hydrogen-bond donors (Lipinski definition) is 0. The van der Waals surface area contributed by atoms with Crippen LogP contribution in [0.2, 0.25) is 0 Å². The van der Waals surface area contributed by atoms with Gasteiger partial charge in [0.25, 0.3) is 0 Å². The Morgan fingerprint density at radius 3 is 2.31 bits per heavy atom. The minimum Gasteiger partial charge on any atom is -1.00 e. The van der Waals surface area contributed by atoms with Gasteiger partial charge in [0.15, 0.2) is 0 Å². The van der Waals surface area contributed by atoms with E-state index >= 15 is 0 Å². The van der Waals surface area contributed by atoms with Gasteiger partial charge in [-0.1, -0.05) is 18.2 Å². The zero-order chi connectivity index (χ0) is 8.10. The number of rotatable bonds is 3. The fraction of sp³-hybridized carbons (Fsp3) is 0.100. The summed E-state index contributed by atoms with van der Waals surface area (Å²) < 4.78 is 5.31. The Morgan fingerprint density at radius 1 is 1.31 bits per heavy atom. The van der Waals surface area contributed by atoms with Crippen LogP contribution in [0.4, 0.5) is 0 Å². The topological polar surface area (TPSA) is 9.23 Å². The molecule has 0 N–H and O–H groups in total. The summed E-state index contributed by atoms with van der Waals surface area (Å²) in [6.45, 7) is 7.76. The molecule has 1 aromatic rings. The van der Waals surface area contributed by atoms with Crippen molar-refractivity contribution >= 4 is 23.1 Å². The molecule has 1 rings (SSSR count). The smallest absolute Gasteiger partial charge is 1.00 e. The molecular weight excluding hydrogens is 196 g/mol. The van der Waals surface area contributed by atoms with Gasteiger partial charge < -0.3 is 17.1 Å². The fourth-order valence-corrected chi connectivity index (χ4v) is 0.702. The summed E-state index contributed by atoms with van der Waals surface area (Å²) in [6.07, 6.45) is 0. The van der Waals surface area contributed by atoms with Gasteiger partial charge in [0, 0.05) is 0 Å². The fourth-order valence-electron chi connectivity index (χ4n) is 0.702. The van der Waals surface area contributed by atoms with Crippen LogP contribution in [0.3, 0.4) is 0 Å². The van der Waals surface area contributed by atoms with Crippen molar-refractivity contribution in [2.24, 2.45) is 0 Å². The Bertz CT molecular complexity index is 236. The van der Waals surface area contributed by atoms with E-state index in [2.05, 4.69) is 13.5 Å². The Morgan fingerprint density at radius 2 is 1.85 bits per heavy atom. The molecule has 66 valence electrons. The molecule has 3 heteroatoms. The standard InChI is InChI=1S/C10H11O.ClH.Mg/c1-9(2)8-11-10-6-4-3-5-7-10;;/h3-7H,1-2,8H2;1H;/q-1;;+2/p-1. The van der Waals surface area contributed by atoms with Gasteiger partial charge >= 0.3 is 23.1 Å². The van der Waals surface area contributed by atoms with Gasteiger partial charge in [-0.15, -0.1) is 0 Å². The molecule has 0 fully saturated rings. The van der Waals surface area contributed by atoms with E-state index < -0.39 is 0 Å². The van der Waals surface area contributed by atoms with E-state index in [1.807, 2.05) is 30.3 Å². The molecule has 0 aliphatic rings. The number of hydrogen-bond acceptors (Lipinski definition) is 1. The van der Waals surface area contributed by atoms with Crippen molar-refractivity contribution in [3.8, 4) is 5.75 Å².